The molecule has 1 aromatic heterocycles. The van der Waals surface area contributed by atoms with Crippen molar-refractivity contribution in [1.29, 1.82) is 5.26 Å². The monoisotopic (exact) mass is 324 g/mol. The van der Waals surface area contributed by atoms with Gasteiger partial charge in [0.15, 0.2) is 5.96 Å². The van der Waals surface area contributed by atoms with Gasteiger partial charge in [-0.05, 0) is 0 Å². The fourth-order valence-electron chi connectivity index (χ4n) is 1.37. The fourth-order valence-corrected chi connectivity index (χ4v) is 2.06. The molecule has 0 saturated carbocycles. The number of rotatable bonds is 8. The smallest absolute Gasteiger partial charge is 0.209 e. The van der Waals surface area contributed by atoms with Crippen LogP contribution in [-0.4, -0.2) is 54.2 Å². The predicted octanol–water partition coefficient (Wildman–Crippen LogP) is -0.460. The summed E-state index contributed by atoms with van der Waals surface area (Å²) in [5, 5.41) is 11.4. The molecule has 0 fully saturated rings. The highest BCUT2D eigenvalue weighted by atomic mass is 32.2. The Labute approximate surface area is 133 Å². The van der Waals surface area contributed by atoms with Crippen molar-refractivity contribution >= 4 is 23.7 Å². The maximum atomic E-state index is 8.39. The van der Waals surface area contributed by atoms with E-state index in [1.807, 2.05) is 0 Å². The molecule has 0 spiro atoms. The van der Waals surface area contributed by atoms with Gasteiger partial charge in [-0.25, -0.2) is 4.98 Å². The number of aliphatic imine (C=N–C) groups is 2. The number of hydrogen-bond donors (Lipinski definition) is 3. The number of aromatic nitrogens is 1. The van der Waals surface area contributed by atoms with Crippen LogP contribution in [0.4, 0.5) is 0 Å². The number of nitrogens with one attached hydrogen (secondary N) is 1. The van der Waals surface area contributed by atoms with Gasteiger partial charge >= 0.3 is 0 Å². The average Bonchev–Trinajstić information content (AvgIpc) is 3.00. The van der Waals surface area contributed by atoms with E-state index in [4.69, 9.17) is 21.1 Å². The van der Waals surface area contributed by atoms with E-state index in [9.17, 15) is 0 Å². The summed E-state index contributed by atoms with van der Waals surface area (Å²) < 4.78 is 5.12. The summed E-state index contributed by atoms with van der Waals surface area (Å²) in [5.74, 6) is 2.80. The van der Waals surface area contributed by atoms with Gasteiger partial charge in [-0.1, -0.05) is 0 Å². The molecule has 0 radical (unpaired) electrons. The number of hydrogen-bond acceptors (Lipinski definition) is 6. The molecule has 0 aliphatic rings. The molecule has 0 bridgehead atoms. The third-order valence-corrected chi connectivity index (χ3v) is 3.46. The largest absolute Gasteiger partial charge is 0.448 e. The number of nitrogens with zero attached hydrogens (tertiary/aromatic N) is 5. The van der Waals surface area contributed by atoms with Crippen LogP contribution >= 0.6 is 11.8 Å². The minimum absolute atomic E-state index is 0.169. The van der Waals surface area contributed by atoms with E-state index in [0.717, 1.165) is 11.5 Å². The van der Waals surface area contributed by atoms with Crippen LogP contribution in [0.3, 0.4) is 0 Å². The highest BCUT2D eigenvalue weighted by Gasteiger charge is 2.01. The van der Waals surface area contributed by atoms with E-state index in [1.165, 1.54) is 0 Å². The Kier molecular flexibility index (Phi) is 8.29. The van der Waals surface area contributed by atoms with Crippen molar-refractivity contribution in [1.82, 2.24) is 15.2 Å². The molecule has 0 aromatic carbocycles. The molecule has 5 N–H and O–H groups in total. The first-order valence-corrected chi connectivity index (χ1v) is 7.72. The first kappa shape index (κ1) is 17.6. The summed E-state index contributed by atoms with van der Waals surface area (Å²) in [4.78, 5) is 13.3. The van der Waals surface area contributed by atoms with Crippen LogP contribution in [0.2, 0.25) is 0 Å². The normalized spacial score (nSPS) is 12.0. The topological polar surface area (TPSA) is 142 Å². The molecule has 0 amide bonds. The van der Waals surface area contributed by atoms with E-state index in [1.54, 1.807) is 42.4 Å². The maximum absolute atomic E-state index is 8.39. The van der Waals surface area contributed by atoms with Gasteiger partial charge in [0.25, 0.3) is 0 Å². The number of guanidine groups is 2. The number of likely N-dealkylation sites (N-methyl/N-ethyl adjacent to an activating group) is 1. The summed E-state index contributed by atoms with van der Waals surface area (Å²) in [5.41, 5.74) is 11.3. The summed E-state index contributed by atoms with van der Waals surface area (Å²) in [7, 11) is 1.74. The first-order chi connectivity index (χ1) is 10.6. The lowest BCUT2D eigenvalue weighted by Crippen LogP contribution is -2.41. The van der Waals surface area contributed by atoms with Crippen molar-refractivity contribution in [2.24, 2.45) is 21.5 Å². The zero-order valence-electron chi connectivity index (χ0n) is 12.4. The highest BCUT2D eigenvalue weighted by molar-refractivity contribution is 7.98. The Morgan fingerprint density at radius 1 is 1.59 bits per heavy atom. The zero-order valence-corrected chi connectivity index (χ0v) is 13.2. The Balaban J connectivity index is 2.10. The Morgan fingerprint density at radius 2 is 2.41 bits per heavy atom. The van der Waals surface area contributed by atoms with Crippen LogP contribution in [0.25, 0.3) is 0 Å². The van der Waals surface area contributed by atoms with Crippen LogP contribution in [0.15, 0.2) is 26.9 Å². The van der Waals surface area contributed by atoms with Crippen LogP contribution in [-0.2, 0) is 5.75 Å². The Morgan fingerprint density at radius 3 is 3.09 bits per heavy atom. The third kappa shape index (κ3) is 7.39. The maximum Gasteiger partial charge on any atom is 0.209 e. The summed E-state index contributed by atoms with van der Waals surface area (Å²) in [6, 6.07) is 0. The summed E-state index contributed by atoms with van der Waals surface area (Å²) in [6.45, 7) is 1.72. The van der Waals surface area contributed by atoms with Gasteiger partial charge in [-0.15, -0.1) is 4.99 Å². The molecule has 0 unspecified atom stereocenters. The SMILES string of the molecule is CN(CCNC(N)=NCCSCc1ncco1)C(N)=NC#N. The van der Waals surface area contributed by atoms with Gasteiger partial charge in [0.05, 0.1) is 18.5 Å². The van der Waals surface area contributed by atoms with E-state index in [0.29, 0.717) is 31.5 Å². The van der Waals surface area contributed by atoms with Crippen molar-refractivity contribution in [3.05, 3.63) is 18.4 Å². The molecule has 120 valence electrons. The second-order valence-corrected chi connectivity index (χ2v) is 5.27. The molecular weight excluding hydrogens is 304 g/mol. The Hall–Kier alpha value is -2.41. The molecular formula is C12H20N8OS. The van der Waals surface area contributed by atoms with Crippen LogP contribution in [0.5, 0.6) is 0 Å². The van der Waals surface area contributed by atoms with Crippen molar-refractivity contribution < 1.29 is 4.42 Å². The van der Waals surface area contributed by atoms with Gasteiger partial charge in [0.1, 0.15) is 6.26 Å². The second kappa shape index (κ2) is 10.3. The van der Waals surface area contributed by atoms with Gasteiger partial charge in [0.2, 0.25) is 18.0 Å². The van der Waals surface area contributed by atoms with Crippen molar-refractivity contribution in [2.45, 2.75) is 5.75 Å². The number of oxazole rings is 1. The standard InChI is InChI=1S/C12H20N8OS/c1-20(12(15)19-9-13)5-2-17-11(14)18-4-7-22-8-10-16-3-6-21-10/h3,6H,2,4-5,7-8H2,1H3,(H2,15,19)(H3,14,17,18). The molecule has 0 atom stereocenters. The van der Waals surface area contributed by atoms with Gasteiger partial charge in [0, 0.05) is 25.9 Å². The molecule has 0 aliphatic carbocycles. The van der Waals surface area contributed by atoms with E-state index < -0.39 is 0 Å². The second-order valence-electron chi connectivity index (χ2n) is 4.16. The van der Waals surface area contributed by atoms with Crippen LogP contribution in [0.1, 0.15) is 5.89 Å². The van der Waals surface area contributed by atoms with E-state index in [2.05, 4.69) is 20.3 Å². The van der Waals surface area contributed by atoms with Crippen LogP contribution < -0.4 is 16.8 Å². The predicted molar refractivity (Wildman–Crippen MR) is 87.0 cm³/mol. The average molecular weight is 324 g/mol. The van der Waals surface area contributed by atoms with Crippen molar-refractivity contribution in [3.63, 3.8) is 0 Å². The van der Waals surface area contributed by atoms with E-state index in [-0.39, 0.29) is 5.96 Å². The summed E-state index contributed by atoms with van der Waals surface area (Å²) >= 11 is 1.67. The molecule has 22 heavy (non-hydrogen) atoms. The zero-order chi connectivity index (χ0) is 16.2. The quantitative estimate of drug-likeness (QED) is 0.252. The lowest BCUT2D eigenvalue weighted by Gasteiger charge is -2.17. The van der Waals surface area contributed by atoms with Gasteiger partial charge in [-0.2, -0.15) is 17.0 Å². The molecule has 1 rings (SSSR count). The molecule has 0 saturated heterocycles. The first-order valence-electron chi connectivity index (χ1n) is 6.56. The van der Waals surface area contributed by atoms with Gasteiger partial charge in [-0.3, -0.25) is 4.99 Å². The van der Waals surface area contributed by atoms with E-state index >= 15 is 0 Å². The van der Waals surface area contributed by atoms with Crippen molar-refractivity contribution in [2.75, 3.05) is 32.4 Å². The molecule has 9 nitrogen and oxygen atoms in total. The lowest BCUT2D eigenvalue weighted by molar-refractivity contribution is 0.498. The minimum atomic E-state index is 0.169. The molecule has 1 aromatic rings. The highest BCUT2D eigenvalue weighted by Crippen LogP contribution is 2.09. The molecule has 10 heteroatoms. The number of nitrogens with two attached hydrogens (primary N) is 2. The Bertz CT molecular complexity index is 522. The lowest BCUT2D eigenvalue weighted by atomic mass is 10.5. The van der Waals surface area contributed by atoms with Crippen molar-refractivity contribution in [3.8, 4) is 6.19 Å². The number of nitriles is 1. The minimum Gasteiger partial charge on any atom is -0.448 e. The van der Waals surface area contributed by atoms with Crippen LogP contribution in [0, 0.1) is 11.5 Å². The van der Waals surface area contributed by atoms with Gasteiger partial charge < -0.3 is 26.1 Å². The molecule has 1 heterocycles. The fraction of sp³-hybridized carbons (Fsp3) is 0.500. The third-order valence-electron chi connectivity index (χ3n) is 2.54. The molecule has 0 aliphatic heterocycles. The number of thioether (sulfide) groups is 1. The summed E-state index contributed by atoms with van der Waals surface area (Å²) in [6.07, 6.45) is 4.82.